The Bertz CT molecular complexity index is 1050. The highest BCUT2D eigenvalue weighted by molar-refractivity contribution is 6.31. The Hall–Kier alpha value is -2.78. The second kappa shape index (κ2) is 5.69. The van der Waals surface area contributed by atoms with Crippen molar-refractivity contribution < 1.29 is 0 Å². The van der Waals surface area contributed by atoms with Crippen LogP contribution in [-0.2, 0) is 0 Å². The summed E-state index contributed by atoms with van der Waals surface area (Å²) in [5, 5.41) is 0.740. The van der Waals surface area contributed by atoms with Gasteiger partial charge in [0.05, 0.1) is 11.0 Å². The van der Waals surface area contributed by atoms with Crippen LogP contribution in [0.15, 0.2) is 66.7 Å². The number of fused-ring (bicyclic) bond motifs is 1. The number of hydrogen-bond acceptors (Lipinski definition) is 2. The van der Waals surface area contributed by atoms with Crippen LogP contribution in [-0.4, -0.2) is 9.55 Å². The highest BCUT2D eigenvalue weighted by Crippen LogP contribution is 2.31. The van der Waals surface area contributed by atoms with E-state index in [0.717, 1.165) is 38.7 Å². The highest BCUT2D eigenvalue weighted by Gasteiger charge is 2.14. The molecule has 4 aromatic rings. The minimum atomic E-state index is 0.716. The molecule has 3 nitrogen and oxygen atoms in total. The fourth-order valence-corrected chi connectivity index (χ4v) is 3.05. The maximum Gasteiger partial charge on any atom is 0.145 e. The van der Waals surface area contributed by atoms with E-state index in [1.54, 1.807) is 0 Å². The summed E-state index contributed by atoms with van der Waals surface area (Å²) in [7, 11) is 0. The first-order valence-corrected chi connectivity index (χ1v) is 8.11. The van der Waals surface area contributed by atoms with Crippen molar-refractivity contribution in [3.05, 3.63) is 77.3 Å². The zero-order valence-corrected chi connectivity index (χ0v) is 14.0. The summed E-state index contributed by atoms with van der Waals surface area (Å²) in [6.45, 7) is 2.00. The topological polar surface area (TPSA) is 43.8 Å². The molecule has 0 unspecified atom stereocenters. The van der Waals surface area contributed by atoms with Crippen LogP contribution in [0.4, 0.5) is 5.69 Å². The fraction of sp³-hybridized carbons (Fsp3) is 0.0500. The van der Waals surface area contributed by atoms with Crippen LogP contribution >= 0.6 is 11.6 Å². The van der Waals surface area contributed by atoms with Gasteiger partial charge in [0.1, 0.15) is 5.82 Å². The minimum absolute atomic E-state index is 0.716. The van der Waals surface area contributed by atoms with E-state index in [2.05, 4.69) is 16.7 Å². The van der Waals surface area contributed by atoms with E-state index >= 15 is 0 Å². The smallest absolute Gasteiger partial charge is 0.145 e. The van der Waals surface area contributed by atoms with Gasteiger partial charge < -0.3 is 5.73 Å². The predicted molar refractivity (Wildman–Crippen MR) is 101 cm³/mol. The zero-order valence-electron chi connectivity index (χ0n) is 13.2. The maximum atomic E-state index is 6.35. The molecule has 0 spiro atoms. The summed E-state index contributed by atoms with van der Waals surface area (Å²) in [5.41, 5.74) is 11.7. The number of nitrogens with two attached hydrogens (primary N) is 1. The number of nitrogen functional groups attached to an aromatic ring is 1. The molecular weight excluding hydrogens is 318 g/mol. The van der Waals surface area contributed by atoms with E-state index in [-0.39, 0.29) is 0 Å². The van der Waals surface area contributed by atoms with Crippen molar-refractivity contribution in [1.82, 2.24) is 9.55 Å². The molecule has 118 valence electrons. The molecule has 0 aliphatic heterocycles. The summed E-state index contributed by atoms with van der Waals surface area (Å²) >= 11 is 6.35. The normalized spacial score (nSPS) is 11.1. The number of hydrogen-bond donors (Lipinski definition) is 1. The van der Waals surface area contributed by atoms with E-state index in [0.29, 0.717) is 5.69 Å². The van der Waals surface area contributed by atoms with E-state index < -0.39 is 0 Å². The third-order valence-corrected chi connectivity index (χ3v) is 4.53. The third kappa shape index (κ3) is 2.43. The lowest BCUT2D eigenvalue weighted by Gasteiger charge is -2.11. The number of aromatic nitrogens is 2. The second-order valence-electron chi connectivity index (χ2n) is 5.82. The van der Waals surface area contributed by atoms with Gasteiger partial charge in [0.15, 0.2) is 0 Å². The second-order valence-corrected chi connectivity index (χ2v) is 6.23. The van der Waals surface area contributed by atoms with Crippen molar-refractivity contribution in [2.24, 2.45) is 0 Å². The molecule has 0 atom stereocenters. The van der Waals surface area contributed by atoms with Gasteiger partial charge in [-0.3, -0.25) is 4.57 Å². The summed E-state index contributed by atoms with van der Waals surface area (Å²) in [6, 6.07) is 21.9. The Labute approximate surface area is 145 Å². The lowest BCUT2D eigenvalue weighted by atomic mass is 10.1. The lowest BCUT2D eigenvalue weighted by Crippen LogP contribution is -1.98. The average Bonchev–Trinajstić information content (AvgIpc) is 2.97. The van der Waals surface area contributed by atoms with Crippen molar-refractivity contribution in [1.29, 1.82) is 0 Å². The lowest BCUT2D eigenvalue weighted by molar-refractivity contribution is 1.10. The fourth-order valence-electron chi connectivity index (χ4n) is 2.88. The predicted octanol–water partition coefficient (Wildman–Crippen LogP) is 5.24. The van der Waals surface area contributed by atoms with Gasteiger partial charge in [0.2, 0.25) is 0 Å². The molecule has 0 bridgehead atoms. The Morgan fingerprint density at radius 3 is 2.58 bits per heavy atom. The van der Waals surface area contributed by atoms with Crippen molar-refractivity contribution in [3.8, 4) is 17.1 Å². The molecule has 0 aliphatic carbocycles. The number of halogens is 1. The molecule has 1 aromatic heterocycles. The molecule has 0 aliphatic rings. The van der Waals surface area contributed by atoms with E-state index in [9.17, 15) is 0 Å². The van der Waals surface area contributed by atoms with E-state index in [1.807, 2.05) is 61.5 Å². The number of anilines is 1. The first-order valence-electron chi connectivity index (χ1n) is 7.73. The molecule has 2 N–H and O–H groups in total. The SMILES string of the molecule is Cc1ccc(-n2c(-c3cccc(N)c3)nc3ccccc32)cc1Cl. The number of aryl methyl sites for hydroxylation is 1. The standard InChI is InChI=1S/C20H16ClN3/c1-13-9-10-16(12-17(13)21)24-19-8-3-2-7-18(19)23-20(24)14-5-4-6-15(22)11-14/h2-12H,22H2,1H3. The molecule has 4 rings (SSSR count). The molecule has 1 heterocycles. The minimum Gasteiger partial charge on any atom is -0.399 e. The first-order chi connectivity index (χ1) is 11.6. The van der Waals surface area contributed by atoms with Crippen molar-refractivity contribution in [2.75, 3.05) is 5.73 Å². The number of benzene rings is 3. The third-order valence-electron chi connectivity index (χ3n) is 4.12. The number of rotatable bonds is 2. The first kappa shape index (κ1) is 14.8. The van der Waals surface area contributed by atoms with Crippen molar-refractivity contribution in [3.63, 3.8) is 0 Å². The Morgan fingerprint density at radius 2 is 1.79 bits per heavy atom. The molecule has 24 heavy (non-hydrogen) atoms. The Morgan fingerprint density at radius 1 is 0.958 bits per heavy atom. The monoisotopic (exact) mass is 333 g/mol. The molecule has 0 saturated carbocycles. The van der Waals surface area contributed by atoms with Gasteiger partial charge in [-0.15, -0.1) is 0 Å². The highest BCUT2D eigenvalue weighted by atomic mass is 35.5. The molecule has 0 amide bonds. The van der Waals surface area contributed by atoms with E-state index in [4.69, 9.17) is 22.3 Å². The number of imidazole rings is 1. The van der Waals surface area contributed by atoms with Gasteiger partial charge in [-0.05, 0) is 48.9 Å². The summed E-state index contributed by atoms with van der Waals surface area (Å²) in [5.74, 6) is 0.850. The molecular formula is C20H16ClN3. The van der Waals surface area contributed by atoms with Gasteiger partial charge in [-0.2, -0.15) is 0 Å². The Balaban J connectivity index is 2.05. The van der Waals surface area contributed by atoms with Gasteiger partial charge in [0.25, 0.3) is 0 Å². The summed E-state index contributed by atoms with van der Waals surface area (Å²) in [6.07, 6.45) is 0. The summed E-state index contributed by atoms with van der Waals surface area (Å²) < 4.78 is 2.12. The van der Waals surface area contributed by atoms with Crippen molar-refractivity contribution in [2.45, 2.75) is 6.92 Å². The van der Waals surface area contributed by atoms with Crippen LogP contribution in [0, 0.1) is 6.92 Å². The van der Waals surface area contributed by atoms with Gasteiger partial charge in [-0.1, -0.05) is 41.9 Å². The van der Waals surface area contributed by atoms with Crippen LogP contribution in [0.3, 0.4) is 0 Å². The zero-order chi connectivity index (χ0) is 16.7. The number of para-hydroxylation sites is 2. The molecule has 0 saturated heterocycles. The molecule has 4 heteroatoms. The van der Waals surface area contributed by atoms with Crippen LogP contribution in [0.25, 0.3) is 28.1 Å². The van der Waals surface area contributed by atoms with Gasteiger partial charge >= 0.3 is 0 Å². The molecule has 3 aromatic carbocycles. The number of nitrogens with zero attached hydrogens (tertiary/aromatic N) is 2. The van der Waals surface area contributed by atoms with Crippen LogP contribution < -0.4 is 5.73 Å². The molecule has 0 fully saturated rings. The van der Waals surface area contributed by atoms with Crippen molar-refractivity contribution >= 4 is 28.3 Å². The van der Waals surface area contributed by atoms with Crippen LogP contribution in [0.1, 0.15) is 5.56 Å². The quantitative estimate of drug-likeness (QED) is 0.510. The van der Waals surface area contributed by atoms with Crippen LogP contribution in [0.2, 0.25) is 5.02 Å². The van der Waals surface area contributed by atoms with Gasteiger partial charge in [-0.25, -0.2) is 4.98 Å². The Kier molecular flexibility index (Phi) is 3.51. The van der Waals surface area contributed by atoms with E-state index in [1.165, 1.54) is 0 Å². The maximum absolute atomic E-state index is 6.35. The molecule has 0 radical (unpaired) electrons. The summed E-state index contributed by atoms with van der Waals surface area (Å²) in [4.78, 5) is 4.82. The largest absolute Gasteiger partial charge is 0.399 e. The van der Waals surface area contributed by atoms with Gasteiger partial charge in [0, 0.05) is 22.0 Å². The average molecular weight is 334 g/mol. The van der Waals surface area contributed by atoms with Crippen LogP contribution in [0.5, 0.6) is 0 Å².